The number of hydrogen-bond acceptors (Lipinski definition) is 9. The van der Waals surface area contributed by atoms with Crippen LogP contribution in [0.15, 0.2) is 24.3 Å². The predicted molar refractivity (Wildman–Crippen MR) is 149 cm³/mol. The van der Waals surface area contributed by atoms with Crippen molar-refractivity contribution in [3.05, 3.63) is 29.8 Å². The topological polar surface area (TPSA) is 217 Å². The molecule has 14 heteroatoms. The number of amides is 4. The first-order chi connectivity index (χ1) is 18.7. The number of nitrogens with two attached hydrogens (primary N) is 1. The van der Waals surface area contributed by atoms with Crippen LogP contribution >= 0.6 is 11.8 Å². The third kappa shape index (κ3) is 13.4. The van der Waals surface area contributed by atoms with Gasteiger partial charge in [-0.25, -0.2) is 0 Å². The molecule has 0 bridgehead atoms. The third-order valence-corrected chi connectivity index (χ3v) is 6.38. The minimum Gasteiger partial charge on any atom is -0.508 e. The predicted octanol–water partition coefficient (Wildman–Crippen LogP) is -0.347. The number of phenols is 1. The quantitative estimate of drug-likeness (QED) is 0.135. The fourth-order valence-electron chi connectivity index (χ4n) is 3.35. The molecular formula is C26H39N5O8S. The average Bonchev–Trinajstić information content (AvgIpc) is 2.86. The maximum absolute atomic E-state index is 13.2. The highest BCUT2D eigenvalue weighted by atomic mass is 32.2. The first kappa shape index (κ1) is 34.4. The Hall–Kier alpha value is -3.65. The average molecular weight is 582 g/mol. The van der Waals surface area contributed by atoms with Crippen molar-refractivity contribution in [3.63, 3.8) is 0 Å². The zero-order valence-corrected chi connectivity index (χ0v) is 23.9. The van der Waals surface area contributed by atoms with E-state index in [9.17, 15) is 33.9 Å². The molecule has 4 amide bonds. The summed E-state index contributed by atoms with van der Waals surface area (Å²) in [4.78, 5) is 73.4. The summed E-state index contributed by atoms with van der Waals surface area (Å²) < 4.78 is 0. The molecule has 0 aliphatic carbocycles. The number of carboxylic acids is 1. The first-order valence-electron chi connectivity index (χ1n) is 12.8. The van der Waals surface area contributed by atoms with Crippen LogP contribution in [0.3, 0.4) is 0 Å². The van der Waals surface area contributed by atoms with E-state index in [1.54, 1.807) is 12.1 Å². The second-order valence-corrected chi connectivity index (χ2v) is 10.9. The Morgan fingerprint density at radius 3 is 1.98 bits per heavy atom. The van der Waals surface area contributed by atoms with Crippen molar-refractivity contribution in [3.8, 4) is 5.75 Å². The maximum atomic E-state index is 13.2. The summed E-state index contributed by atoms with van der Waals surface area (Å²) in [6.45, 7) is 6.24. The van der Waals surface area contributed by atoms with Crippen molar-refractivity contribution in [1.82, 2.24) is 21.3 Å². The second-order valence-electron chi connectivity index (χ2n) is 9.72. The van der Waals surface area contributed by atoms with E-state index in [1.807, 2.05) is 13.8 Å². The van der Waals surface area contributed by atoms with Crippen LogP contribution in [0.25, 0.3) is 0 Å². The van der Waals surface area contributed by atoms with E-state index < -0.39 is 58.9 Å². The number of carbonyl (C=O) groups is 6. The summed E-state index contributed by atoms with van der Waals surface area (Å²) in [5.74, 6) is -3.41. The minimum atomic E-state index is -1.07. The van der Waals surface area contributed by atoms with Gasteiger partial charge >= 0.3 is 5.97 Å². The molecule has 0 aliphatic heterocycles. The lowest BCUT2D eigenvalue weighted by Gasteiger charge is -2.26. The number of carboxylic acid groups (broad SMARTS) is 1. The molecule has 0 heterocycles. The van der Waals surface area contributed by atoms with Gasteiger partial charge in [0.2, 0.25) is 28.7 Å². The van der Waals surface area contributed by atoms with Gasteiger partial charge in [-0.2, -0.15) is 0 Å². The molecule has 0 aromatic heterocycles. The van der Waals surface area contributed by atoms with Gasteiger partial charge in [0, 0.05) is 12.2 Å². The molecule has 8 N–H and O–H groups in total. The largest absolute Gasteiger partial charge is 0.508 e. The standard InChI is InChI=1S/C26H39N5O8S/c1-14(2)11-19(25(38)29-16(4)24(37)28-13-22(35)40-10-9-21(33)34)31-26(39)20(30-23(36)15(3)27)12-17-5-7-18(32)8-6-17/h5-8,14-16,19-20,32H,9-13,27H2,1-4H3,(H,28,37)(H,29,38)(H,30,36)(H,31,39)(H,33,34)/t15-,16-,19-,20-/m0/s1. The molecule has 1 rings (SSSR count). The zero-order chi connectivity index (χ0) is 30.4. The number of aliphatic carboxylic acids is 1. The van der Waals surface area contributed by atoms with Crippen LogP contribution < -0.4 is 27.0 Å². The molecule has 0 spiro atoms. The molecule has 13 nitrogen and oxygen atoms in total. The van der Waals surface area contributed by atoms with Crippen LogP contribution in [-0.2, 0) is 35.2 Å². The Morgan fingerprint density at radius 1 is 0.850 bits per heavy atom. The van der Waals surface area contributed by atoms with E-state index in [0.29, 0.717) is 5.56 Å². The van der Waals surface area contributed by atoms with Crippen molar-refractivity contribution in [2.24, 2.45) is 11.7 Å². The molecular weight excluding hydrogens is 542 g/mol. The Bertz CT molecular complexity index is 1050. The minimum absolute atomic E-state index is 0.0187. The van der Waals surface area contributed by atoms with Crippen LogP contribution in [0, 0.1) is 5.92 Å². The molecule has 4 atom stereocenters. The number of thioether (sulfide) groups is 1. The summed E-state index contributed by atoms with van der Waals surface area (Å²) in [5, 5.41) is 27.9. The summed E-state index contributed by atoms with van der Waals surface area (Å²) in [7, 11) is 0. The molecule has 0 fully saturated rings. The monoisotopic (exact) mass is 581 g/mol. The second kappa shape index (κ2) is 17.1. The van der Waals surface area contributed by atoms with E-state index in [1.165, 1.54) is 26.0 Å². The molecule has 0 unspecified atom stereocenters. The van der Waals surface area contributed by atoms with E-state index in [2.05, 4.69) is 21.3 Å². The summed E-state index contributed by atoms with van der Waals surface area (Å²) in [6, 6.07) is 2.06. The Labute approximate surface area is 237 Å². The van der Waals surface area contributed by atoms with E-state index in [-0.39, 0.29) is 43.2 Å². The van der Waals surface area contributed by atoms with Crippen molar-refractivity contribution in [2.75, 3.05) is 12.3 Å². The van der Waals surface area contributed by atoms with E-state index >= 15 is 0 Å². The van der Waals surface area contributed by atoms with Crippen LogP contribution in [0.2, 0.25) is 0 Å². The molecule has 1 aromatic carbocycles. The smallest absolute Gasteiger partial charge is 0.304 e. The molecule has 40 heavy (non-hydrogen) atoms. The lowest BCUT2D eigenvalue weighted by Crippen LogP contribution is -2.58. The maximum Gasteiger partial charge on any atom is 0.304 e. The van der Waals surface area contributed by atoms with Crippen LogP contribution in [0.5, 0.6) is 5.75 Å². The van der Waals surface area contributed by atoms with Gasteiger partial charge in [-0.05, 0) is 43.9 Å². The number of nitrogens with one attached hydrogen (secondary N) is 4. The number of aromatic hydroxyl groups is 1. The number of carbonyl (C=O) groups excluding carboxylic acids is 5. The molecule has 0 radical (unpaired) electrons. The van der Waals surface area contributed by atoms with Gasteiger partial charge < -0.3 is 37.2 Å². The van der Waals surface area contributed by atoms with Gasteiger partial charge in [-0.1, -0.05) is 37.7 Å². The fourth-order valence-corrected chi connectivity index (χ4v) is 4.03. The van der Waals surface area contributed by atoms with Gasteiger partial charge in [-0.15, -0.1) is 0 Å². The van der Waals surface area contributed by atoms with E-state index in [4.69, 9.17) is 10.8 Å². The van der Waals surface area contributed by atoms with E-state index in [0.717, 1.165) is 11.8 Å². The normalized spacial score (nSPS) is 13.8. The van der Waals surface area contributed by atoms with Crippen molar-refractivity contribution in [2.45, 2.75) is 71.1 Å². The number of hydrogen-bond donors (Lipinski definition) is 7. The Kier molecular flexibility index (Phi) is 14.7. The number of phenolic OH excluding ortho intramolecular Hbond substituents is 1. The fraction of sp³-hybridized carbons (Fsp3) is 0.538. The van der Waals surface area contributed by atoms with Crippen LogP contribution in [-0.4, -0.2) is 81.4 Å². The van der Waals surface area contributed by atoms with Crippen LogP contribution in [0.4, 0.5) is 0 Å². The van der Waals surface area contributed by atoms with Crippen molar-refractivity contribution < 1.29 is 39.0 Å². The number of benzene rings is 1. The van der Waals surface area contributed by atoms with Gasteiger partial charge in [-0.3, -0.25) is 28.8 Å². The SMILES string of the molecule is CC(C)C[C@H](NC(=O)[C@H](Cc1ccc(O)cc1)NC(=O)[C@H](C)N)C(=O)N[C@@H](C)C(=O)NCC(=O)SCCC(=O)O. The lowest BCUT2D eigenvalue weighted by atomic mass is 10.0. The highest BCUT2D eigenvalue weighted by molar-refractivity contribution is 8.13. The molecule has 1 aromatic rings. The van der Waals surface area contributed by atoms with Gasteiger partial charge in [0.25, 0.3) is 0 Å². The summed E-state index contributed by atoms with van der Waals surface area (Å²) in [6.07, 6.45) is 0.111. The highest BCUT2D eigenvalue weighted by Crippen LogP contribution is 2.13. The van der Waals surface area contributed by atoms with Gasteiger partial charge in [0.15, 0.2) is 0 Å². The zero-order valence-electron chi connectivity index (χ0n) is 23.1. The summed E-state index contributed by atoms with van der Waals surface area (Å²) in [5.41, 5.74) is 6.30. The summed E-state index contributed by atoms with van der Waals surface area (Å²) >= 11 is 0.781. The van der Waals surface area contributed by atoms with Crippen LogP contribution in [0.1, 0.15) is 46.1 Å². The molecule has 0 aliphatic rings. The van der Waals surface area contributed by atoms with Crippen molar-refractivity contribution >= 4 is 46.5 Å². The first-order valence-corrected chi connectivity index (χ1v) is 13.8. The number of rotatable bonds is 16. The Morgan fingerprint density at radius 2 is 1.43 bits per heavy atom. The molecule has 0 saturated heterocycles. The molecule has 222 valence electrons. The van der Waals surface area contributed by atoms with Gasteiger partial charge in [0.1, 0.15) is 23.9 Å². The lowest BCUT2D eigenvalue weighted by molar-refractivity contribution is -0.136. The van der Waals surface area contributed by atoms with Gasteiger partial charge in [0.05, 0.1) is 19.0 Å². The Balaban J connectivity index is 2.87. The highest BCUT2D eigenvalue weighted by Gasteiger charge is 2.29. The third-order valence-electron chi connectivity index (χ3n) is 5.50. The molecule has 0 saturated carbocycles. The van der Waals surface area contributed by atoms with Crippen molar-refractivity contribution in [1.29, 1.82) is 0 Å².